The maximum Gasteiger partial charge on any atom is 0.290 e. The maximum atomic E-state index is 13.2. The molecule has 0 amide bonds. The molecule has 2 aliphatic rings. The lowest BCUT2D eigenvalue weighted by molar-refractivity contribution is 0.330. The van der Waals surface area contributed by atoms with Gasteiger partial charge in [-0.25, -0.2) is 29.3 Å². The van der Waals surface area contributed by atoms with Crippen LogP contribution in [0.15, 0.2) is 46.8 Å². The number of piperidine rings is 2. The van der Waals surface area contributed by atoms with Gasteiger partial charge in [0.05, 0.1) is 22.1 Å². The fourth-order valence-electron chi connectivity index (χ4n) is 7.09. The van der Waals surface area contributed by atoms with Gasteiger partial charge in [0.2, 0.25) is 0 Å². The highest BCUT2D eigenvalue weighted by Gasteiger charge is 2.27. The third-order valence-electron chi connectivity index (χ3n) is 9.48. The SMILES string of the molecule is CC1CCCC(C)N1n1cnc2c(sc3nccc(N(C)C)c32)c1=O.CN(C)c1ccnc2sc3c(=O)n(N4CCCCC4)cnc3c12. The van der Waals surface area contributed by atoms with Crippen molar-refractivity contribution in [3.8, 4) is 0 Å². The maximum absolute atomic E-state index is 13.2. The summed E-state index contributed by atoms with van der Waals surface area (Å²) in [6, 6.07) is 4.61. The Kier molecular flexibility index (Phi) is 8.71. The molecular formula is C34H42N10O2S2. The van der Waals surface area contributed by atoms with Crippen LogP contribution in [0.25, 0.3) is 40.9 Å². The summed E-state index contributed by atoms with van der Waals surface area (Å²) >= 11 is 2.88. The number of pyridine rings is 2. The third-order valence-corrected chi connectivity index (χ3v) is 11.6. The molecule has 12 nitrogen and oxygen atoms in total. The predicted octanol–water partition coefficient (Wildman–Crippen LogP) is 5.17. The van der Waals surface area contributed by atoms with Crippen molar-refractivity contribution in [2.45, 2.75) is 64.5 Å². The van der Waals surface area contributed by atoms with E-state index in [2.05, 4.69) is 43.8 Å². The summed E-state index contributed by atoms with van der Waals surface area (Å²) in [5.74, 6) is 0. The van der Waals surface area contributed by atoms with Gasteiger partial charge in [-0.2, -0.15) is 0 Å². The topological polar surface area (TPSA) is 109 Å². The fraction of sp³-hybridized carbons (Fsp3) is 0.471. The first-order chi connectivity index (χ1) is 23.2. The number of thiophene rings is 2. The Bertz CT molecular complexity index is 2220. The highest BCUT2D eigenvalue weighted by molar-refractivity contribution is 7.25. The van der Waals surface area contributed by atoms with Gasteiger partial charge in [-0.1, -0.05) is 0 Å². The first-order valence-electron chi connectivity index (χ1n) is 16.6. The summed E-state index contributed by atoms with van der Waals surface area (Å²) in [5.41, 5.74) is 3.64. The van der Waals surface area contributed by atoms with Crippen LogP contribution < -0.4 is 30.9 Å². The first-order valence-corrected chi connectivity index (χ1v) is 18.2. The van der Waals surface area contributed by atoms with Gasteiger partial charge in [-0.05, 0) is 64.5 Å². The van der Waals surface area contributed by atoms with Gasteiger partial charge in [0.25, 0.3) is 11.1 Å². The van der Waals surface area contributed by atoms with Crippen LogP contribution in [0.2, 0.25) is 0 Å². The zero-order valence-corrected chi connectivity index (χ0v) is 30.0. The van der Waals surface area contributed by atoms with E-state index < -0.39 is 0 Å². The number of hydrogen-bond acceptors (Lipinski definition) is 12. The van der Waals surface area contributed by atoms with Crippen molar-refractivity contribution in [2.24, 2.45) is 0 Å². The second-order valence-corrected chi connectivity index (χ2v) is 15.2. The fourth-order valence-corrected chi connectivity index (χ4v) is 9.18. The van der Waals surface area contributed by atoms with Crippen LogP contribution in [0.1, 0.15) is 52.4 Å². The number of rotatable bonds is 4. The second kappa shape index (κ2) is 13.0. The van der Waals surface area contributed by atoms with E-state index in [-0.39, 0.29) is 11.1 Å². The lowest BCUT2D eigenvalue weighted by atomic mass is 10.00. The number of hydrogen-bond donors (Lipinski definition) is 0. The monoisotopic (exact) mass is 686 g/mol. The van der Waals surface area contributed by atoms with Gasteiger partial charge < -0.3 is 19.8 Å². The Balaban J connectivity index is 0.000000152. The molecule has 14 heteroatoms. The molecular weight excluding hydrogens is 645 g/mol. The van der Waals surface area contributed by atoms with Crippen molar-refractivity contribution in [3.63, 3.8) is 0 Å². The number of fused-ring (bicyclic) bond motifs is 6. The molecule has 0 spiro atoms. The van der Waals surface area contributed by atoms with Crippen molar-refractivity contribution in [3.05, 3.63) is 57.9 Å². The lowest BCUT2D eigenvalue weighted by Crippen LogP contribution is -2.54. The van der Waals surface area contributed by atoms with Crippen LogP contribution >= 0.6 is 22.7 Å². The Morgan fingerprint density at radius 2 is 1.15 bits per heavy atom. The molecule has 8 rings (SSSR count). The Hall–Kier alpha value is -4.30. The summed E-state index contributed by atoms with van der Waals surface area (Å²) in [6.07, 6.45) is 13.9. The summed E-state index contributed by atoms with van der Waals surface area (Å²) in [4.78, 5) is 50.2. The van der Waals surface area contributed by atoms with Crippen molar-refractivity contribution >= 4 is 74.9 Å². The molecule has 2 saturated heterocycles. The van der Waals surface area contributed by atoms with E-state index in [0.29, 0.717) is 21.5 Å². The summed E-state index contributed by atoms with van der Waals surface area (Å²) < 4.78 is 4.78. The zero-order valence-electron chi connectivity index (χ0n) is 28.4. The lowest BCUT2D eigenvalue weighted by Gasteiger charge is -2.40. The smallest absolute Gasteiger partial charge is 0.290 e. The van der Waals surface area contributed by atoms with Gasteiger partial charge in [0.1, 0.15) is 42.7 Å². The van der Waals surface area contributed by atoms with E-state index in [4.69, 9.17) is 0 Å². The standard InChI is InChI=1S/C18H23N5OS.C16H19N5OS/c1-11-6-5-7-12(2)23(11)22-10-20-15-14-13(21(3)4)8-9-19-17(14)25-16(15)18(22)24;1-19(2)11-6-7-17-15-12(11)13-14(23-15)16(22)21(10-18-13)20-8-4-3-5-9-20/h8-12H,5-7H2,1-4H3;6-7,10H,3-5,8-9H2,1-2H3. The van der Waals surface area contributed by atoms with Crippen LogP contribution in [0, 0.1) is 0 Å². The Labute approximate surface area is 286 Å². The van der Waals surface area contributed by atoms with E-state index in [1.165, 1.54) is 35.5 Å². The van der Waals surface area contributed by atoms with E-state index >= 15 is 0 Å². The molecule has 2 fully saturated rings. The van der Waals surface area contributed by atoms with Crippen LogP contribution in [-0.4, -0.2) is 82.7 Å². The molecule has 2 unspecified atom stereocenters. The molecule has 6 aromatic rings. The molecule has 48 heavy (non-hydrogen) atoms. The number of aromatic nitrogens is 6. The predicted molar refractivity (Wildman–Crippen MR) is 200 cm³/mol. The van der Waals surface area contributed by atoms with Crippen molar-refractivity contribution in [1.82, 2.24) is 29.3 Å². The van der Waals surface area contributed by atoms with Crippen molar-refractivity contribution in [1.29, 1.82) is 0 Å². The Morgan fingerprint density at radius 3 is 1.65 bits per heavy atom. The quantitative estimate of drug-likeness (QED) is 0.247. The molecule has 2 atom stereocenters. The summed E-state index contributed by atoms with van der Waals surface area (Å²) in [5, 5.41) is 6.23. The molecule has 0 N–H and O–H groups in total. The van der Waals surface area contributed by atoms with E-state index in [1.54, 1.807) is 34.4 Å². The van der Waals surface area contributed by atoms with Gasteiger partial charge in [0, 0.05) is 65.8 Å². The number of anilines is 2. The van der Waals surface area contributed by atoms with Gasteiger partial charge in [-0.15, -0.1) is 22.7 Å². The minimum atomic E-state index is 0.0123. The average molecular weight is 687 g/mol. The minimum absolute atomic E-state index is 0.0123. The van der Waals surface area contributed by atoms with E-state index in [0.717, 1.165) is 81.6 Å². The molecule has 0 bridgehead atoms. The molecule has 6 aromatic heterocycles. The van der Waals surface area contributed by atoms with Gasteiger partial charge in [-0.3, -0.25) is 9.59 Å². The molecule has 8 heterocycles. The highest BCUT2D eigenvalue weighted by atomic mass is 32.1. The molecule has 0 saturated carbocycles. The molecule has 0 radical (unpaired) electrons. The minimum Gasteiger partial charge on any atom is -0.377 e. The van der Waals surface area contributed by atoms with Crippen molar-refractivity contribution in [2.75, 3.05) is 61.1 Å². The Morgan fingerprint density at radius 1 is 0.667 bits per heavy atom. The number of nitrogens with zero attached hydrogens (tertiary/aromatic N) is 10. The van der Waals surface area contributed by atoms with Crippen LogP contribution in [0.4, 0.5) is 11.4 Å². The summed E-state index contributed by atoms with van der Waals surface area (Å²) in [6.45, 7) is 6.20. The van der Waals surface area contributed by atoms with Crippen LogP contribution in [-0.2, 0) is 0 Å². The van der Waals surface area contributed by atoms with E-state index in [1.807, 2.05) is 50.1 Å². The highest BCUT2D eigenvalue weighted by Crippen LogP contribution is 2.36. The zero-order chi connectivity index (χ0) is 33.7. The molecule has 0 aromatic carbocycles. The average Bonchev–Trinajstić information content (AvgIpc) is 3.66. The largest absolute Gasteiger partial charge is 0.377 e. The van der Waals surface area contributed by atoms with Gasteiger partial charge >= 0.3 is 0 Å². The molecule has 0 aliphatic carbocycles. The van der Waals surface area contributed by atoms with Crippen LogP contribution in [0.5, 0.6) is 0 Å². The van der Waals surface area contributed by atoms with E-state index in [9.17, 15) is 9.59 Å². The molecule has 252 valence electrons. The van der Waals surface area contributed by atoms with Crippen molar-refractivity contribution < 1.29 is 0 Å². The van der Waals surface area contributed by atoms with Gasteiger partial charge in [0.15, 0.2) is 0 Å². The third kappa shape index (κ3) is 5.54. The van der Waals surface area contributed by atoms with Crippen LogP contribution in [0.3, 0.4) is 0 Å². The first kappa shape index (κ1) is 32.3. The normalized spacial score (nSPS) is 18.5. The second-order valence-electron chi connectivity index (χ2n) is 13.2. The summed E-state index contributed by atoms with van der Waals surface area (Å²) in [7, 11) is 7.98. The molecule has 2 aliphatic heterocycles.